The first-order chi connectivity index (χ1) is 11.1. The van der Waals surface area contributed by atoms with E-state index in [0.29, 0.717) is 5.92 Å². The van der Waals surface area contributed by atoms with Crippen LogP contribution in [0.5, 0.6) is 0 Å². The van der Waals surface area contributed by atoms with Gasteiger partial charge in [-0.05, 0) is 69.6 Å². The molecular formula is C20H21N2O. The van der Waals surface area contributed by atoms with E-state index in [0.717, 1.165) is 18.6 Å². The van der Waals surface area contributed by atoms with Crippen molar-refractivity contribution in [1.29, 1.82) is 0 Å². The van der Waals surface area contributed by atoms with Crippen LogP contribution in [-0.4, -0.2) is 22.7 Å². The van der Waals surface area contributed by atoms with Crippen molar-refractivity contribution >= 4 is 11.6 Å². The zero-order chi connectivity index (χ0) is 16.1. The monoisotopic (exact) mass is 305 g/mol. The van der Waals surface area contributed by atoms with E-state index in [1.165, 1.54) is 28.2 Å². The van der Waals surface area contributed by atoms with E-state index in [-0.39, 0.29) is 11.9 Å². The molecule has 0 bridgehead atoms. The van der Waals surface area contributed by atoms with Crippen molar-refractivity contribution in [3.8, 4) is 0 Å². The highest BCUT2D eigenvalue weighted by Gasteiger charge is 2.47. The highest BCUT2D eigenvalue weighted by molar-refractivity contribution is 6.07. The molecule has 0 N–H and O–H groups in total. The number of fused-ring (bicyclic) bond motifs is 3. The van der Waals surface area contributed by atoms with Crippen LogP contribution < -0.4 is 0 Å². The predicted octanol–water partition coefficient (Wildman–Crippen LogP) is 3.21. The summed E-state index contributed by atoms with van der Waals surface area (Å²) in [5, 5.41) is 6.47. The average Bonchev–Trinajstić information content (AvgIpc) is 3.13. The lowest BCUT2D eigenvalue weighted by Gasteiger charge is -2.32. The molecule has 1 aromatic carbocycles. The minimum Gasteiger partial charge on any atom is -0.273 e. The predicted molar refractivity (Wildman–Crippen MR) is 91.0 cm³/mol. The third-order valence-corrected chi connectivity index (χ3v) is 5.16. The Labute approximate surface area is 138 Å². The van der Waals surface area contributed by atoms with Crippen molar-refractivity contribution in [3.05, 3.63) is 66.0 Å². The smallest absolute Gasteiger partial charge is 0.239 e. The van der Waals surface area contributed by atoms with Gasteiger partial charge in [-0.3, -0.25) is 4.79 Å². The molecule has 3 aliphatic rings. The summed E-state index contributed by atoms with van der Waals surface area (Å²) in [6, 6.07) is 4.52. The highest BCUT2D eigenvalue weighted by atomic mass is 16.2. The van der Waals surface area contributed by atoms with Gasteiger partial charge in [0, 0.05) is 24.3 Å². The Balaban J connectivity index is 1.79. The maximum atomic E-state index is 12.2. The van der Waals surface area contributed by atoms with Gasteiger partial charge in [-0.25, -0.2) is 5.01 Å². The average molecular weight is 305 g/mol. The van der Waals surface area contributed by atoms with Gasteiger partial charge in [0.15, 0.2) is 0 Å². The van der Waals surface area contributed by atoms with Crippen molar-refractivity contribution < 1.29 is 4.79 Å². The van der Waals surface area contributed by atoms with Gasteiger partial charge in [-0.1, -0.05) is 11.6 Å². The zero-order valence-corrected chi connectivity index (χ0v) is 13.8. The summed E-state index contributed by atoms with van der Waals surface area (Å²) in [5.41, 5.74) is 6.35. The van der Waals surface area contributed by atoms with Crippen molar-refractivity contribution in [3.63, 3.8) is 0 Å². The molecule has 0 unspecified atom stereocenters. The minimum atomic E-state index is 0.0176. The van der Waals surface area contributed by atoms with E-state index in [4.69, 9.17) is 5.10 Å². The fourth-order valence-corrected chi connectivity index (χ4v) is 4.20. The summed E-state index contributed by atoms with van der Waals surface area (Å²) in [4.78, 5) is 12.2. The Bertz CT molecular complexity index is 685. The van der Waals surface area contributed by atoms with Crippen molar-refractivity contribution in [1.82, 2.24) is 5.01 Å². The molecule has 2 atom stereocenters. The van der Waals surface area contributed by atoms with E-state index in [2.05, 4.69) is 38.8 Å². The summed E-state index contributed by atoms with van der Waals surface area (Å²) in [5.74, 6) is 1.51. The molecule has 117 valence electrons. The van der Waals surface area contributed by atoms with E-state index in [1.807, 2.05) is 12.8 Å². The summed E-state index contributed by atoms with van der Waals surface area (Å²) in [6.45, 7) is 5.92. The van der Waals surface area contributed by atoms with Crippen LogP contribution >= 0.6 is 0 Å². The minimum absolute atomic E-state index is 0.0176. The van der Waals surface area contributed by atoms with Crippen molar-refractivity contribution in [2.45, 2.75) is 39.7 Å². The maximum absolute atomic E-state index is 12.2. The molecule has 1 heterocycles. The molecule has 1 aromatic rings. The summed E-state index contributed by atoms with van der Waals surface area (Å²) < 4.78 is 0. The first-order valence-electron chi connectivity index (χ1n) is 8.26. The zero-order valence-electron chi connectivity index (χ0n) is 13.8. The third-order valence-electron chi connectivity index (χ3n) is 5.16. The fourth-order valence-electron chi connectivity index (χ4n) is 4.20. The van der Waals surface area contributed by atoms with Gasteiger partial charge < -0.3 is 0 Å². The number of rotatable bonds is 1. The van der Waals surface area contributed by atoms with Crippen LogP contribution in [0, 0.1) is 51.4 Å². The first-order valence-corrected chi connectivity index (χ1v) is 8.26. The standard InChI is InChI=1S/C20H21N2O/c1-12-10-13(2)16-8-9-17-19(18(16)11-12)21-22(14(3)23)20(17)15-6-4-5-7-15/h4-7,10-11,17,20H,8-9H2,1-3H3/t17-,20-/m1/s1. The Morgan fingerprint density at radius 2 is 1.96 bits per heavy atom. The Morgan fingerprint density at radius 1 is 1.22 bits per heavy atom. The molecule has 0 aromatic heterocycles. The Morgan fingerprint density at radius 3 is 2.65 bits per heavy atom. The summed E-state index contributed by atoms with van der Waals surface area (Å²) in [6.07, 6.45) is 10.4. The number of hydrogen-bond donors (Lipinski definition) is 0. The quantitative estimate of drug-likeness (QED) is 0.784. The molecule has 3 heteroatoms. The van der Waals surface area contributed by atoms with Gasteiger partial charge in [0.1, 0.15) is 0 Å². The van der Waals surface area contributed by atoms with Crippen LogP contribution in [0.2, 0.25) is 0 Å². The number of amides is 1. The molecule has 1 saturated carbocycles. The Hall–Kier alpha value is -1.64. The largest absolute Gasteiger partial charge is 0.273 e. The molecule has 0 spiro atoms. The van der Waals surface area contributed by atoms with Crippen LogP contribution in [-0.2, 0) is 11.2 Å². The number of carbonyl (C=O) groups excluding carboxylic acids is 1. The number of aryl methyl sites for hydroxylation is 2. The molecule has 23 heavy (non-hydrogen) atoms. The molecule has 4 rings (SSSR count). The first kappa shape index (κ1) is 14.9. The highest BCUT2D eigenvalue weighted by Crippen LogP contribution is 2.43. The van der Waals surface area contributed by atoms with Gasteiger partial charge in [0.05, 0.1) is 11.8 Å². The molecule has 0 saturated heterocycles. The summed E-state index contributed by atoms with van der Waals surface area (Å²) >= 11 is 0. The van der Waals surface area contributed by atoms with Gasteiger partial charge in [0.25, 0.3) is 0 Å². The van der Waals surface area contributed by atoms with Gasteiger partial charge >= 0.3 is 0 Å². The van der Waals surface area contributed by atoms with E-state index >= 15 is 0 Å². The van der Waals surface area contributed by atoms with Crippen molar-refractivity contribution in [2.24, 2.45) is 11.0 Å². The van der Waals surface area contributed by atoms with Crippen LogP contribution in [0.1, 0.15) is 35.6 Å². The second-order valence-corrected chi connectivity index (χ2v) is 6.77. The molecule has 1 aliphatic heterocycles. The number of nitrogens with zero attached hydrogens (tertiary/aromatic N) is 2. The lowest BCUT2D eigenvalue weighted by molar-refractivity contribution is -0.130. The maximum Gasteiger partial charge on any atom is 0.239 e. The Kier molecular flexibility index (Phi) is 3.55. The van der Waals surface area contributed by atoms with E-state index in [9.17, 15) is 4.79 Å². The molecule has 3 nitrogen and oxygen atoms in total. The lowest BCUT2D eigenvalue weighted by atomic mass is 9.74. The number of carbonyl (C=O) groups is 1. The van der Waals surface area contributed by atoms with Gasteiger partial charge in [-0.2, -0.15) is 5.10 Å². The number of hydrazone groups is 1. The lowest BCUT2D eigenvalue weighted by Crippen LogP contribution is -2.41. The second-order valence-electron chi connectivity index (χ2n) is 6.77. The number of benzene rings is 1. The summed E-state index contributed by atoms with van der Waals surface area (Å²) in [7, 11) is 0. The van der Waals surface area contributed by atoms with E-state index in [1.54, 1.807) is 11.9 Å². The SMILES string of the molecule is CC(=O)N1N=C2c3cc(C)cc(C)c3CC[C@H]2[C@H]1[C]1[CH][CH][CH][CH]1. The van der Waals surface area contributed by atoms with Crippen LogP contribution in [0.4, 0.5) is 0 Å². The number of hydrogen-bond acceptors (Lipinski definition) is 2. The van der Waals surface area contributed by atoms with Crippen molar-refractivity contribution in [2.75, 3.05) is 0 Å². The molecular weight excluding hydrogens is 284 g/mol. The van der Waals surface area contributed by atoms with Crippen LogP contribution in [0.25, 0.3) is 0 Å². The van der Waals surface area contributed by atoms with E-state index < -0.39 is 0 Å². The topological polar surface area (TPSA) is 32.7 Å². The van der Waals surface area contributed by atoms with Crippen LogP contribution in [0.3, 0.4) is 0 Å². The molecule has 1 fully saturated rings. The van der Waals surface area contributed by atoms with Crippen LogP contribution in [0.15, 0.2) is 17.2 Å². The van der Waals surface area contributed by atoms with Gasteiger partial charge in [-0.15, -0.1) is 0 Å². The molecule has 5 radical (unpaired) electrons. The van der Waals surface area contributed by atoms with Gasteiger partial charge in [0.2, 0.25) is 5.91 Å². The molecule has 2 aliphatic carbocycles. The normalized spacial score (nSPS) is 26.9. The fraction of sp³-hybridized carbons (Fsp3) is 0.350. The second kappa shape index (κ2) is 5.47. The molecule has 1 amide bonds. The third kappa shape index (κ3) is 2.32.